The molecule has 5 nitrogen and oxygen atoms in total. The fourth-order valence-electron chi connectivity index (χ4n) is 2.22. The largest absolute Gasteiger partial charge is 0.381 e. The molecule has 1 aliphatic rings. The second-order valence-electron chi connectivity index (χ2n) is 5.01. The van der Waals surface area contributed by atoms with Gasteiger partial charge in [0.05, 0.1) is 17.5 Å². The van der Waals surface area contributed by atoms with Crippen LogP contribution in [0.15, 0.2) is 18.2 Å². The van der Waals surface area contributed by atoms with E-state index in [9.17, 15) is 8.42 Å². The summed E-state index contributed by atoms with van der Waals surface area (Å²) in [5.74, 6) is 5.67. The van der Waals surface area contributed by atoms with Crippen LogP contribution in [0.4, 0.5) is 5.69 Å². The molecule has 0 radical (unpaired) electrons. The van der Waals surface area contributed by atoms with Crippen LogP contribution in [0.2, 0.25) is 0 Å². The number of hydrogen-bond donors (Lipinski definition) is 2. The van der Waals surface area contributed by atoms with E-state index in [-0.39, 0.29) is 6.54 Å². The third-order valence-electron chi connectivity index (χ3n) is 3.36. The number of sulfonamides is 1. The number of benzene rings is 1. The normalized spacial score (nSPS) is 16.1. The summed E-state index contributed by atoms with van der Waals surface area (Å²) >= 11 is 0. The maximum atomic E-state index is 12.4. The van der Waals surface area contributed by atoms with Crippen molar-refractivity contribution < 1.29 is 13.2 Å². The predicted octanol–water partition coefficient (Wildman–Crippen LogP) is 1.23. The maximum Gasteiger partial charge on any atom is 0.235 e. The standard InChI is InChI=1S/C15H20N2O3S/c1-12-4-5-15(13(11-12)3-2-8-16)17-21(18,19)14-6-9-20-10-7-14/h4-5,11,14,17H,6-10,16H2,1H3. The van der Waals surface area contributed by atoms with Crippen molar-refractivity contribution in [3.63, 3.8) is 0 Å². The van der Waals surface area contributed by atoms with Gasteiger partial charge in [0.15, 0.2) is 0 Å². The summed E-state index contributed by atoms with van der Waals surface area (Å²) in [5, 5.41) is -0.414. The molecule has 0 amide bonds. The summed E-state index contributed by atoms with van der Waals surface area (Å²) in [6, 6.07) is 5.45. The molecule has 1 aromatic rings. The zero-order chi connectivity index (χ0) is 15.3. The summed E-state index contributed by atoms with van der Waals surface area (Å²) in [6.07, 6.45) is 1.04. The van der Waals surface area contributed by atoms with Gasteiger partial charge in [-0.1, -0.05) is 17.9 Å². The molecular weight excluding hydrogens is 288 g/mol. The Bertz CT molecular complexity index is 653. The van der Waals surface area contributed by atoms with Gasteiger partial charge in [0, 0.05) is 18.8 Å². The van der Waals surface area contributed by atoms with Gasteiger partial charge in [-0.3, -0.25) is 4.72 Å². The first-order chi connectivity index (χ1) is 10.0. The summed E-state index contributed by atoms with van der Waals surface area (Å²) < 4.78 is 32.7. The van der Waals surface area contributed by atoms with Crippen molar-refractivity contribution in [2.24, 2.45) is 5.73 Å². The molecule has 0 aromatic heterocycles. The lowest BCUT2D eigenvalue weighted by Gasteiger charge is -2.23. The number of rotatable bonds is 3. The van der Waals surface area contributed by atoms with Crippen LogP contribution < -0.4 is 10.5 Å². The minimum atomic E-state index is -3.43. The average molecular weight is 308 g/mol. The molecule has 3 N–H and O–H groups in total. The molecule has 6 heteroatoms. The van der Waals surface area contributed by atoms with Crippen molar-refractivity contribution in [1.29, 1.82) is 0 Å². The van der Waals surface area contributed by atoms with Crippen molar-refractivity contribution in [1.82, 2.24) is 0 Å². The summed E-state index contributed by atoms with van der Waals surface area (Å²) in [5.41, 5.74) is 7.56. The Balaban J connectivity index is 2.25. The average Bonchev–Trinajstić information content (AvgIpc) is 2.48. The van der Waals surface area contributed by atoms with Crippen molar-refractivity contribution in [2.45, 2.75) is 25.0 Å². The van der Waals surface area contributed by atoms with Gasteiger partial charge in [0.25, 0.3) is 0 Å². The van der Waals surface area contributed by atoms with Crippen molar-refractivity contribution >= 4 is 15.7 Å². The van der Waals surface area contributed by atoms with Crippen molar-refractivity contribution in [3.05, 3.63) is 29.3 Å². The Hall–Kier alpha value is -1.55. The molecule has 0 aliphatic carbocycles. The molecule has 0 saturated carbocycles. The van der Waals surface area contributed by atoms with Crippen LogP contribution in [0.3, 0.4) is 0 Å². The van der Waals surface area contributed by atoms with E-state index < -0.39 is 15.3 Å². The van der Waals surface area contributed by atoms with Gasteiger partial charge in [-0.25, -0.2) is 8.42 Å². The summed E-state index contributed by atoms with van der Waals surface area (Å²) in [6.45, 7) is 3.14. The second kappa shape index (κ2) is 6.94. The molecule has 0 atom stereocenters. The Labute approximate surface area is 125 Å². The third-order valence-corrected chi connectivity index (χ3v) is 5.21. The second-order valence-corrected chi connectivity index (χ2v) is 6.97. The van der Waals surface area contributed by atoms with Crippen LogP contribution in [0, 0.1) is 18.8 Å². The molecule has 1 heterocycles. The molecule has 1 aliphatic heterocycles. The molecule has 0 unspecified atom stereocenters. The predicted molar refractivity (Wildman–Crippen MR) is 83.5 cm³/mol. The molecule has 1 aromatic carbocycles. The van der Waals surface area contributed by atoms with Crippen LogP contribution in [-0.4, -0.2) is 33.4 Å². The third kappa shape index (κ3) is 4.21. The smallest absolute Gasteiger partial charge is 0.235 e. The van der Waals surface area contributed by atoms with Crippen LogP contribution >= 0.6 is 0 Å². The van der Waals surface area contributed by atoms with E-state index in [4.69, 9.17) is 10.5 Å². The molecule has 1 fully saturated rings. The van der Waals surface area contributed by atoms with Gasteiger partial charge >= 0.3 is 0 Å². The first kappa shape index (κ1) is 15.8. The zero-order valence-electron chi connectivity index (χ0n) is 12.1. The lowest BCUT2D eigenvalue weighted by Crippen LogP contribution is -2.33. The first-order valence-corrected chi connectivity index (χ1v) is 8.46. The van der Waals surface area contributed by atoms with E-state index in [1.54, 1.807) is 6.07 Å². The molecular formula is C15H20N2O3S. The minimum Gasteiger partial charge on any atom is -0.381 e. The van der Waals surface area contributed by atoms with E-state index in [1.165, 1.54) is 0 Å². The highest BCUT2D eigenvalue weighted by Gasteiger charge is 2.28. The monoisotopic (exact) mass is 308 g/mol. The fraction of sp³-hybridized carbons (Fsp3) is 0.467. The topological polar surface area (TPSA) is 81.4 Å². The van der Waals surface area contributed by atoms with Gasteiger partial charge in [-0.05, 0) is 37.5 Å². The Morgan fingerprint density at radius 1 is 1.38 bits per heavy atom. The maximum absolute atomic E-state index is 12.4. The highest BCUT2D eigenvalue weighted by Crippen LogP contribution is 2.22. The molecule has 1 saturated heterocycles. The highest BCUT2D eigenvalue weighted by atomic mass is 32.2. The van der Waals surface area contributed by atoms with Crippen LogP contribution in [0.5, 0.6) is 0 Å². The molecule has 21 heavy (non-hydrogen) atoms. The van der Waals surface area contributed by atoms with Gasteiger partial charge in [-0.2, -0.15) is 0 Å². The quantitative estimate of drug-likeness (QED) is 0.823. The molecule has 2 rings (SSSR count). The van der Waals surface area contributed by atoms with E-state index in [1.807, 2.05) is 19.1 Å². The van der Waals surface area contributed by atoms with Crippen LogP contribution in [-0.2, 0) is 14.8 Å². The van der Waals surface area contributed by atoms with Gasteiger partial charge in [0.2, 0.25) is 10.0 Å². The highest BCUT2D eigenvalue weighted by molar-refractivity contribution is 7.93. The fourth-order valence-corrected chi connectivity index (χ4v) is 3.68. The molecule has 0 bridgehead atoms. The van der Waals surface area contributed by atoms with E-state index >= 15 is 0 Å². The summed E-state index contributed by atoms with van der Waals surface area (Å²) in [4.78, 5) is 0. The Morgan fingerprint density at radius 3 is 2.76 bits per heavy atom. The van der Waals surface area contributed by atoms with Gasteiger partial charge in [-0.15, -0.1) is 0 Å². The minimum absolute atomic E-state index is 0.236. The Kier molecular flexibility index (Phi) is 5.23. The number of ether oxygens (including phenoxy) is 1. The first-order valence-electron chi connectivity index (χ1n) is 6.92. The van der Waals surface area contributed by atoms with Crippen molar-refractivity contribution in [3.8, 4) is 11.8 Å². The number of nitrogens with two attached hydrogens (primary N) is 1. The van der Waals surface area contributed by atoms with Gasteiger partial charge in [0.1, 0.15) is 0 Å². The Morgan fingerprint density at radius 2 is 2.10 bits per heavy atom. The van der Waals surface area contributed by atoms with Crippen molar-refractivity contribution in [2.75, 3.05) is 24.5 Å². The number of aryl methyl sites for hydroxylation is 1. The molecule has 114 valence electrons. The number of hydrogen-bond acceptors (Lipinski definition) is 4. The SMILES string of the molecule is Cc1ccc(NS(=O)(=O)C2CCOCC2)c(C#CCN)c1. The van der Waals surface area contributed by atoms with Crippen LogP contribution in [0.25, 0.3) is 0 Å². The lowest BCUT2D eigenvalue weighted by molar-refractivity contribution is 0.0984. The van der Waals surface area contributed by atoms with Gasteiger partial charge < -0.3 is 10.5 Å². The van der Waals surface area contributed by atoms with E-state index in [0.717, 1.165) is 5.56 Å². The number of anilines is 1. The molecule has 0 spiro atoms. The lowest BCUT2D eigenvalue weighted by atomic mass is 10.1. The van der Waals surface area contributed by atoms with Crippen LogP contribution in [0.1, 0.15) is 24.0 Å². The van der Waals surface area contributed by atoms with E-state index in [2.05, 4.69) is 16.6 Å². The van der Waals surface area contributed by atoms with E-state index in [0.29, 0.717) is 37.3 Å². The summed E-state index contributed by atoms with van der Waals surface area (Å²) in [7, 11) is -3.43. The zero-order valence-corrected chi connectivity index (χ0v) is 12.9. The number of nitrogens with one attached hydrogen (secondary N) is 1.